The summed E-state index contributed by atoms with van der Waals surface area (Å²) in [5.41, 5.74) is 3.21. The van der Waals surface area contributed by atoms with Gasteiger partial charge in [0.25, 0.3) is 0 Å². The van der Waals surface area contributed by atoms with E-state index < -0.39 is 10.8 Å². The number of aliphatic hydroxyl groups excluding tert-OH is 2. The van der Waals surface area contributed by atoms with Gasteiger partial charge in [-0.05, 0) is 109 Å². The Bertz CT molecular complexity index is 2050. The number of carbonyl (C=O) groups excluding carboxylic acids is 2. The van der Waals surface area contributed by atoms with Gasteiger partial charge in [0.2, 0.25) is 11.8 Å². The summed E-state index contributed by atoms with van der Waals surface area (Å²) in [4.78, 5) is 32.4. The lowest BCUT2D eigenvalue weighted by Gasteiger charge is -2.52. The average molecular weight is 979 g/mol. The Balaban J connectivity index is 0.000000247. The Kier molecular flexibility index (Phi) is 20.2. The van der Waals surface area contributed by atoms with Gasteiger partial charge in [0.15, 0.2) is 0 Å². The highest BCUT2D eigenvalue weighted by atomic mass is 35.5. The van der Waals surface area contributed by atoms with Gasteiger partial charge >= 0.3 is 0 Å². The highest BCUT2D eigenvalue weighted by Crippen LogP contribution is 2.54. The van der Waals surface area contributed by atoms with E-state index in [0.717, 1.165) is 35.1 Å². The van der Waals surface area contributed by atoms with E-state index in [9.17, 15) is 19.8 Å². The number of nitrogens with zero attached hydrogens (tertiary/aromatic N) is 2. The van der Waals surface area contributed by atoms with Crippen molar-refractivity contribution >= 4 is 58.2 Å². The van der Waals surface area contributed by atoms with Crippen molar-refractivity contribution < 1.29 is 19.8 Å². The van der Waals surface area contributed by atoms with Crippen LogP contribution in [0, 0.1) is 10.8 Å². The Morgan fingerprint density at radius 1 is 0.606 bits per heavy atom. The fourth-order valence-electron chi connectivity index (χ4n) is 10.2. The third-order valence-electron chi connectivity index (χ3n) is 13.4. The van der Waals surface area contributed by atoms with Gasteiger partial charge in [-0.25, -0.2) is 0 Å². The first-order valence-electron chi connectivity index (χ1n) is 23.2. The quantitative estimate of drug-likeness (QED) is 0.0519. The second-order valence-electron chi connectivity index (χ2n) is 18.2. The third kappa shape index (κ3) is 12.9. The van der Waals surface area contributed by atoms with Crippen LogP contribution in [-0.2, 0) is 9.59 Å². The molecule has 0 aromatic heterocycles. The first kappa shape index (κ1) is 53.3. The average Bonchev–Trinajstić information content (AvgIpc) is 3.30. The first-order chi connectivity index (χ1) is 31.7. The molecule has 2 amide bonds. The highest BCUT2D eigenvalue weighted by molar-refractivity contribution is 6.31. The van der Waals surface area contributed by atoms with Gasteiger partial charge in [0.1, 0.15) is 0 Å². The number of allylic oxidation sites excluding steroid dienone is 2. The third-order valence-corrected chi connectivity index (χ3v) is 14.4. The number of amides is 2. The summed E-state index contributed by atoms with van der Waals surface area (Å²) in [6.07, 6.45) is 7.88. The number of piperidine rings is 2. The molecule has 0 aliphatic carbocycles. The van der Waals surface area contributed by atoms with Gasteiger partial charge in [0.05, 0.1) is 36.1 Å². The number of rotatable bonds is 20. The summed E-state index contributed by atoms with van der Waals surface area (Å²) < 4.78 is 0. The van der Waals surface area contributed by atoms with Crippen LogP contribution in [0.1, 0.15) is 112 Å². The van der Waals surface area contributed by atoms with Crippen LogP contribution in [0.25, 0.3) is 0 Å². The number of carbonyl (C=O) groups is 2. The lowest BCUT2D eigenvalue weighted by molar-refractivity contribution is -0.155. The number of aliphatic hydroxyl groups is 2. The Hall–Kier alpha value is -3.70. The van der Waals surface area contributed by atoms with E-state index in [1.54, 1.807) is 0 Å². The highest BCUT2D eigenvalue weighted by Gasteiger charge is 2.52. The van der Waals surface area contributed by atoms with Gasteiger partial charge in [-0.2, -0.15) is 0 Å². The number of hydrogen-bond donors (Lipinski definition) is 4. The largest absolute Gasteiger partial charge is 0.395 e. The summed E-state index contributed by atoms with van der Waals surface area (Å²) in [7, 11) is 0. The van der Waals surface area contributed by atoms with Crippen LogP contribution in [0.4, 0.5) is 0 Å². The topological polar surface area (TPSA) is 105 Å². The minimum Gasteiger partial charge on any atom is -0.395 e. The zero-order valence-corrected chi connectivity index (χ0v) is 41.9. The normalized spacial score (nSPS) is 24.0. The van der Waals surface area contributed by atoms with Gasteiger partial charge in [-0.3, -0.25) is 9.59 Å². The minimum absolute atomic E-state index is 0.0316. The van der Waals surface area contributed by atoms with Crippen molar-refractivity contribution in [2.75, 3.05) is 39.4 Å². The molecule has 356 valence electrons. The number of hydrogen-bond acceptors (Lipinski definition) is 6. The molecule has 4 aromatic rings. The molecule has 0 bridgehead atoms. The number of benzene rings is 4. The molecule has 4 aromatic carbocycles. The number of likely N-dealkylation sites (tertiary alicyclic amines) is 2. The van der Waals surface area contributed by atoms with Crippen LogP contribution in [0.15, 0.2) is 122 Å². The Labute approximate surface area is 413 Å². The molecular weight excluding hydrogens is 910 g/mol. The zero-order valence-electron chi connectivity index (χ0n) is 38.9. The maximum atomic E-state index is 14.1. The molecular formula is C54H68Cl4N4O4. The molecule has 2 fully saturated rings. The van der Waals surface area contributed by atoms with Crippen LogP contribution < -0.4 is 10.6 Å². The van der Waals surface area contributed by atoms with Gasteiger partial charge in [-0.1, -0.05) is 135 Å². The number of nitrogens with one attached hydrogen (secondary N) is 2. The van der Waals surface area contributed by atoms with E-state index in [1.807, 2.05) is 111 Å². The van der Waals surface area contributed by atoms with Gasteiger partial charge < -0.3 is 30.6 Å². The van der Waals surface area contributed by atoms with Crippen LogP contribution >= 0.6 is 46.4 Å². The first-order valence-corrected chi connectivity index (χ1v) is 24.7. The molecule has 2 saturated heterocycles. The molecule has 66 heavy (non-hydrogen) atoms. The SMILES string of the molecule is C=CC[C@@]1(C)C[C@H](c2cccc(Cl)c2)[C@@H](c2ccc(Cl)cc2)N([C@@H](CC)CNCCO)C1=O.C=CC[C@@]1(C)C[C@H](c2cccc(Cl)c2)[C@@H](c2ccc(Cl)cc2)N([C@H](CC)CNCCO)C1=O. The maximum Gasteiger partial charge on any atom is 0.229 e. The smallest absolute Gasteiger partial charge is 0.229 e. The van der Waals surface area contributed by atoms with Crippen LogP contribution in [0.3, 0.4) is 0 Å². The maximum absolute atomic E-state index is 14.1. The molecule has 4 N–H and O–H groups in total. The summed E-state index contributed by atoms with van der Waals surface area (Å²) in [6.45, 7) is 18.5. The Morgan fingerprint density at radius 2 is 0.970 bits per heavy atom. The lowest BCUT2D eigenvalue weighted by Crippen LogP contribution is -2.57. The lowest BCUT2D eigenvalue weighted by atomic mass is 9.67. The van der Waals surface area contributed by atoms with Crippen LogP contribution in [0.5, 0.6) is 0 Å². The molecule has 8 nitrogen and oxygen atoms in total. The summed E-state index contributed by atoms with van der Waals surface area (Å²) in [5, 5.41) is 27.8. The minimum atomic E-state index is -0.567. The van der Waals surface area contributed by atoms with E-state index >= 15 is 0 Å². The molecule has 6 rings (SSSR count). The van der Waals surface area contributed by atoms with E-state index in [2.05, 4.69) is 59.6 Å². The molecule has 2 heterocycles. The molecule has 8 atom stereocenters. The summed E-state index contributed by atoms with van der Waals surface area (Å²) in [5.74, 6) is 0.385. The molecule has 0 saturated carbocycles. The standard InChI is InChI=1S/2C27H34Cl2N2O2/c2*1-4-13-27(3)17-24(20-7-6-8-22(29)16-20)25(19-9-11-21(28)12-10-19)31(26(27)33)23(5-2)18-30-14-15-32/h2*4,6-12,16,23-25,30,32H,1,5,13-15,17-18H2,2-3H3/t23-,24+,25+,27-;23-,24-,25-,27+/m01/s1. The predicted molar refractivity (Wildman–Crippen MR) is 274 cm³/mol. The molecule has 2 aliphatic rings. The molecule has 12 heteroatoms. The second kappa shape index (κ2) is 25.1. The second-order valence-corrected chi connectivity index (χ2v) is 20.0. The van der Waals surface area contributed by atoms with Crippen molar-refractivity contribution in [3.8, 4) is 0 Å². The summed E-state index contributed by atoms with van der Waals surface area (Å²) in [6, 6.07) is 31.2. The van der Waals surface area contributed by atoms with Crippen molar-refractivity contribution in [3.63, 3.8) is 0 Å². The van der Waals surface area contributed by atoms with Crippen molar-refractivity contribution in [2.45, 2.75) is 102 Å². The number of halogens is 4. The Morgan fingerprint density at radius 3 is 1.27 bits per heavy atom. The molecule has 0 radical (unpaired) electrons. The van der Waals surface area contributed by atoms with Crippen molar-refractivity contribution in [2.24, 2.45) is 10.8 Å². The predicted octanol–water partition coefficient (Wildman–Crippen LogP) is 12.0. The van der Waals surface area contributed by atoms with Gasteiger partial charge in [-0.15, -0.1) is 13.2 Å². The fraction of sp³-hybridized carbons (Fsp3) is 0.444. The van der Waals surface area contributed by atoms with Crippen LogP contribution in [0.2, 0.25) is 20.1 Å². The zero-order chi connectivity index (χ0) is 48.0. The van der Waals surface area contributed by atoms with Crippen LogP contribution in [-0.4, -0.2) is 83.3 Å². The van der Waals surface area contributed by atoms with Crippen molar-refractivity contribution in [3.05, 3.63) is 165 Å². The monoisotopic (exact) mass is 976 g/mol. The fourth-order valence-corrected chi connectivity index (χ4v) is 10.8. The molecule has 0 unspecified atom stereocenters. The van der Waals surface area contributed by atoms with E-state index in [4.69, 9.17) is 46.4 Å². The van der Waals surface area contributed by atoms with E-state index in [1.165, 1.54) is 0 Å². The van der Waals surface area contributed by atoms with E-state index in [0.29, 0.717) is 72.0 Å². The van der Waals surface area contributed by atoms with E-state index in [-0.39, 0.29) is 61.0 Å². The molecule has 2 aliphatic heterocycles. The summed E-state index contributed by atoms with van der Waals surface area (Å²) >= 11 is 25.2. The van der Waals surface area contributed by atoms with Crippen molar-refractivity contribution in [1.29, 1.82) is 0 Å². The molecule has 0 spiro atoms. The van der Waals surface area contributed by atoms with Gasteiger partial charge in [0, 0.05) is 70.2 Å². The van der Waals surface area contributed by atoms with Crippen molar-refractivity contribution in [1.82, 2.24) is 20.4 Å².